The second-order valence-corrected chi connectivity index (χ2v) is 4.29. The molecule has 1 aromatic carbocycles. The van der Waals surface area contributed by atoms with Crippen molar-refractivity contribution in [3.05, 3.63) is 52.4 Å². The van der Waals surface area contributed by atoms with Gasteiger partial charge in [-0.3, -0.25) is 4.79 Å². The summed E-state index contributed by atoms with van der Waals surface area (Å²) in [5.74, 6) is 4.59. The van der Waals surface area contributed by atoms with Crippen LogP contribution in [0.1, 0.15) is 16.1 Å². The second-order valence-electron chi connectivity index (χ2n) is 3.88. The van der Waals surface area contributed by atoms with Crippen LogP contribution in [0.5, 0.6) is 0 Å². The van der Waals surface area contributed by atoms with Crippen molar-refractivity contribution in [1.29, 1.82) is 0 Å². The van der Waals surface area contributed by atoms with Crippen LogP contribution in [0.4, 0.5) is 10.2 Å². The van der Waals surface area contributed by atoms with Crippen molar-refractivity contribution in [3.8, 4) is 0 Å². The van der Waals surface area contributed by atoms with Crippen LogP contribution in [0.3, 0.4) is 0 Å². The van der Waals surface area contributed by atoms with E-state index in [1.807, 2.05) is 0 Å². The highest BCUT2D eigenvalue weighted by atomic mass is 35.5. The number of halogens is 2. The van der Waals surface area contributed by atoms with Gasteiger partial charge in [0.2, 0.25) is 0 Å². The summed E-state index contributed by atoms with van der Waals surface area (Å²) in [6.07, 6.45) is 0. The number of carbonyl (C=O) groups excluding carboxylic acids is 1. The lowest BCUT2D eigenvalue weighted by molar-refractivity contribution is 0.0945. The standard InChI is InChI=1S/C12H11ClFN5O/c13-8-5-7(1-2-9(8)14)6-16-12(20)10-3-4-11(17-15)19-18-10/h1-5H,6,15H2,(H,16,20)(H,17,19). The second kappa shape index (κ2) is 6.27. The molecule has 0 unspecified atom stereocenters. The lowest BCUT2D eigenvalue weighted by Crippen LogP contribution is -2.24. The Morgan fingerprint density at radius 3 is 2.70 bits per heavy atom. The molecule has 1 aromatic heterocycles. The first kappa shape index (κ1) is 14.2. The molecule has 20 heavy (non-hydrogen) atoms. The van der Waals surface area contributed by atoms with Crippen LogP contribution in [-0.2, 0) is 6.54 Å². The van der Waals surface area contributed by atoms with Gasteiger partial charge in [0, 0.05) is 6.54 Å². The van der Waals surface area contributed by atoms with E-state index in [-0.39, 0.29) is 17.3 Å². The number of hydrazine groups is 1. The third-order valence-electron chi connectivity index (χ3n) is 2.48. The van der Waals surface area contributed by atoms with E-state index < -0.39 is 11.7 Å². The number of carbonyl (C=O) groups is 1. The van der Waals surface area contributed by atoms with Gasteiger partial charge in [-0.2, -0.15) is 0 Å². The van der Waals surface area contributed by atoms with E-state index in [4.69, 9.17) is 17.4 Å². The number of benzene rings is 1. The van der Waals surface area contributed by atoms with Crippen molar-refractivity contribution in [2.45, 2.75) is 6.54 Å². The first-order chi connectivity index (χ1) is 9.60. The summed E-state index contributed by atoms with van der Waals surface area (Å²) in [4.78, 5) is 11.8. The number of hydrogen-bond donors (Lipinski definition) is 3. The SMILES string of the molecule is NNc1ccc(C(=O)NCc2ccc(F)c(Cl)c2)nn1. The van der Waals surface area contributed by atoms with Crippen LogP contribution in [-0.4, -0.2) is 16.1 Å². The number of amides is 1. The summed E-state index contributed by atoms with van der Waals surface area (Å²) < 4.78 is 13.0. The van der Waals surface area contributed by atoms with Gasteiger partial charge in [-0.1, -0.05) is 17.7 Å². The number of aromatic nitrogens is 2. The predicted octanol–water partition coefficient (Wildman–Crippen LogP) is 1.48. The van der Waals surface area contributed by atoms with E-state index in [9.17, 15) is 9.18 Å². The van der Waals surface area contributed by atoms with Gasteiger partial charge in [-0.25, -0.2) is 10.2 Å². The minimum absolute atomic E-state index is 0.00918. The van der Waals surface area contributed by atoms with Gasteiger partial charge in [0.25, 0.3) is 5.91 Å². The Hall–Kier alpha value is -2.25. The number of hydrogen-bond acceptors (Lipinski definition) is 5. The summed E-state index contributed by atoms with van der Waals surface area (Å²) in [6, 6.07) is 7.23. The molecule has 0 atom stereocenters. The minimum Gasteiger partial charge on any atom is -0.347 e. The molecule has 0 bridgehead atoms. The first-order valence-corrected chi connectivity index (χ1v) is 6.00. The van der Waals surface area contributed by atoms with E-state index >= 15 is 0 Å². The molecular weight excluding hydrogens is 285 g/mol. The van der Waals surface area contributed by atoms with Crippen molar-refractivity contribution in [1.82, 2.24) is 15.5 Å². The van der Waals surface area contributed by atoms with E-state index in [2.05, 4.69) is 20.9 Å². The fourth-order valence-electron chi connectivity index (χ4n) is 1.45. The lowest BCUT2D eigenvalue weighted by atomic mass is 10.2. The van der Waals surface area contributed by atoms with Gasteiger partial charge in [0.15, 0.2) is 11.5 Å². The number of nitrogens with one attached hydrogen (secondary N) is 2. The van der Waals surface area contributed by atoms with Crippen LogP contribution in [0.15, 0.2) is 30.3 Å². The maximum Gasteiger partial charge on any atom is 0.272 e. The molecule has 0 aliphatic heterocycles. The van der Waals surface area contributed by atoms with Crippen LogP contribution >= 0.6 is 11.6 Å². The first-order valence-electron chi connectivity index (χ1n) is 5.62. The zero-order chi connectivity index (χ0) is 14.5. The molecule has 8 heteroatoms. The maximum absolute atomic E-state index is 13.0. The highest BCUT2D eigenvalue weighted by molar-refractivity contribution is 6.30. The van der Waals surface area contributed by atoms with Gasteiger partial charge < -0.3 is 10.7 Å². The van der Waals surface area contributed by atoms with Crippen LogP contribution in [0, 0.1) is 5.82 Å². The molecule has 6 nitrogen and oxygen atoms in total. The normalized spacial score (nSPS) is 10.2. The Morgan fingerprint density at radius 2 is 2.10 bits per heavy atom. The van der Waals surface area contributed by atoms with Crippen LogP contribution in [0.25, 0.3) is 0 Å². The third kappa shape index (κ3) is 3.40. The zero-order valence-electron chi connectivity index (χ0n) is 10.2. The summed E-state index contributed by atoms with van der Waals surface area (Å²) in [5.41, 5.74) is 3.14. The van der Waals surface area contributed by atoms with Crippen LogP contribution < -0.4 is 16.6 Å². The minimum atomic E-state index is -0.502. The molecule has 0 aliphatic carbocycles. The van der Waals surface area contributed by atoms with Crippen molar-refractivity contribution in [3.63, 3.8) is 0 Å². The van der Waals surface area contributed by atoms with E-state index in [1.165, 1.54) is 30.3 Å². The highest BCUT2D eigenvalue weighted by Crippen LogP contribution is 2.15. The topological polar surface area (TPSA) is 92.9 Å². The monoisotopic (exact) mass is 295 g/mol. The average Bonchev–Trinajstić information content (AvgIpc) is 2.48. The van der Waals surface area contributed by atoms with Gasteiger partial charge in [-0.05, 0) is 29.8 Å². The summed E-state index contributed by atoms with van der Waals surface area (Å²) >= 11 is 5.65. The molecule has 1 heterocycles. The molecule has 0 saturated heterocycles. The van der Waals surface area contributed by atoms with E-state index in [0.717, 1.165) is 0 Å². The Kier molecular flexibility index (Phi) is 4.44. The number of anilines is 1. The molecule has 0 fully saturated rings. The molecule has 0 spiro atoms. The number of nitrogens with zero attached hydrogens (tertiary/aromatic N) is 2. The number of nitrogen functional groups attached to an aromatic ring is 1. The average molecular weight is 296 g/mol. The quantitative estimate of drug-likeness (QED) is 0.587. The third-order valence-corrected chi connectivity index (χ3v) is 2.77. The van der Waals surface area contributed by atoms with Gasteiger partial charge >= 0.3 is 0 Å². The van der Waals surface area contributed by atoms with Crippen molar-refractivity contribution >= 4 is 23.3 Å². The van der Waals surface area contributed by atoms with Crippen LogP contribution in [0.2, 0.25) is 5.02 Å². The van der Waals surface area contributed by atoms with E-state index in [0.29, 0.717) is 11.4 Å². The maximum atomic E-state index is 13.0. The largest absolute Gasteiger partial charge is 0.347 e. The number of nitrogens with two attached hydrogens (primary N) is 1. The lowest BCUT2D eigenvalue weighted by Gasteiger charge is -2.05. The molecular formula is C12H11ClFN5O. The molecule has 104 valence electrons. The van der Waals surface area contributed by atoms with Crippen molar-refractivity contribution in [2.24, 2.45) is 5.84 Å². The van der Waals surface area contributed by atoms with Crippen molar-refractivity contribution in [2.75, 3.05) is 5.43 Å². The Balaban J connectivity index is 1.98. The zero-order valence-corrected chi connectivity index (χ0v) is 11.0. The fourth-order valence-corrected chi connectivity index (χ4v) is 1.66. The van der Waals surface area contributed by atoms with Gasteiger partial charge in [0.05, 0.1) is 5.02 Å². The van der Waals surface area contributed by atoms with Gasteiger partial charge in [-0.15, -0.1) is 10.2 Å². The van der Waals surface area contributed by atoms with E-state index in [1.54, 1.807) is 0 Å². The fraction of sp³-hybridized carbons (Fsp3) is 0.0833. The Bertz CT molecular complexity index is 620. The molecule has 0 saturated carbocycles. The van der Waals surface area contributed by atoms with Gasteiger partial charge in [0.1, 0.15) is 5.82 Å². The molecule has 0 radical (unpaired) electrons. The number of rotatable bonds is 4. The van der Waals surface area contributed by atoms with Crippen molar-refractivity contribution < 1.29 is 9.18 Å². The molecule has 1 amide bonds. The predicted molar refractivity (Wildman–Crippen MR) is 72.4 cm³/mol. The summed E-state index contributed by atoms with van der Waals surface area (Å²) in [6.45, 7) is 0.206. The highest BCUT2D eigenvalue weighted by Gasteiger charge is 2.08. The smallest absolute Gasteiger partial charge is 0.272 e. The Morgan fingerprint density at radius 1 is 1.30 bits per heavy atom. The molecule has 2 aromatic rings. The Labute approximate surface area is 119 Å². The summed E-state index contributed by atoms with van der Waals surface area (Å²) in [7, 11) is 0. The summed E-state index contributed by atoms with van der Waals surface area (Å²) in [5, 5.41) is 10.0. The molecule has 0 aliphatic rings. The molecule has 2 rings (SSSR count). The molecule has 4 N–H and O–H groups in total.